The first-order chi connectivity index (χ1) is 22.0. The molecule has 45 heavy (non-hydrogen) atoms. The molecule has 5 nitrogen and oxygen atoms in total. The number of benzene rings is 6. The van der Waals surface area contributed by atoms with E-state index in [9.17, 15) is 5.26 Å². The van der Waals surface area contributed by atoms with E-state index in [0.29, 0.717) is 5.56 Å². The predicted octanol–water partition coefficient (Wildman–Crippen LogP) is 10.4. The maximum atomic E-state index is 9.57. The summed E-state index contributed by atoms with van der Waals surface area (Å²) in [4.78, 5) is 0. The fourth-order valence-corrected chi connectivity index (χ4v) is 6.74. The molecule has 0 amide bonds. The van der Waals surface area contributed by atoms with Crippen molar-refractivity contribution in [2.75, 3.05) is 0 Å². The summed E-state index contributed by atoms with van der Waals surface area (Å²) in [6.07, 6.45) is 0. The van der Waals surface area contributed by atoms with Crippen molar-refractivity contribution in [2.45, 2.75) is 19.6 Å². The fourth-order valence-electron chi connectivity index (χ4n) is 6.74. The van der Waals surface area contributed by atoms with Gasteiger partial charge in [-0.15, -0.1) is 0 Å². The smallest absolute Gasteiger partial charge is 0.245 e. The number of ether oxygens (including phenoxy) is 2. The van der Waals surface area contributed by atoms with E-state index in [4.69, 9.17) is 13.9 Å². The minimum Gasteiger partial charge on any atom is -0.456 e. The van der Waals surface area contributed by atoms with Gasteiger partial charge in [-0.25, -0.2) is 0 Å². The molecule has 0 saturated carbocycles. The average molecular weight is 583 g/mol. The topological polar surface area (TPSA) is 60.3 Å². The second-order valence-electron chi connectivity index (χ2n) is 12.0. The monoisotopic (exact) mass is 582 g/mol. The van der Waals surface area contributed by atoms with E-state index in [1.807, 2.05) is 74.5 Å². The molecule has 5 heteroatoms. The van der Waals surface area contributed by atoms with Crippen LogP contribution in [0.5, 0.6) is 11.5 Å². The third-order valence-corrected chi connectivity index (χ3v) is 8.72. The van der Waals surface area contributed by atoms with Crippen LogP contribution >= 0.6 is 0 Å². The van der Waals surface area contributed by atoms with Crippen molar-refractivity contribution >= 4 is 43.7 Å². The Labute approximate surface area is 259 Å². The Bertz CT molecular complexity index is 2540. The lowest BCUT2D eigenvalue weighted by molar-refractivity contribution is -0.0778. The predicted molar refractivity (Wildman–Crippen MR) is 179 cm³/mol. The molecule has 0 unspecified atom stereocenters. The Morgan fingerprint density at radius 3 is 2.20 bits per heavy atom. The number of hydrogen-bond donors (Lipinski definition) is 0. The molecule has 2 aromatic heterocycles. The molecule has 0 bridgehead atoms. The third kappa shape index (κ3) is 3.93. The Hall–Kier alpha value is -5.99. The van der Waals surface area contributed by atoms with Crippen LogP contribution in [0.3, 0.4) is 0 Å². The maximum Gasteiger partial charge on any atom is 0.245 e. The van der Waals surface area contributed by atoms with E-state index >= 15 is 0 Å². The lowest BCUT2D eigenvalue weighted by Gasteiger charge is -2.26. The second-order valence-corrected chi connectivity index (χ2v) is 12.0. The molecule has 8 aromatic rings. The molecule has 214 valence electrons. The van der Waals surface area contributed by atoms with E-state index in [1.165, 1.54) is 0 Å². The van der Waals surface area contributed by atoms with E-state index in [1.54, 1.807) is 0 Å². The van der Waals surface area contributed by atoms with Crippen molar-refractivity contribution in [3.8, 4) is 45.5 Å². The number of para-hydroxylation sites is 2. The summed E-state index contributed by atoms with van der Waals surface area (Å²) < 4.78 is 21.3. The molecule has 0 fully saturated rings. The van der Waals surface area contributed by atoms with Gasteiger partial charge < -0.3 is 18.5 Å². The minimum absolute atomic E-state index is 0.643. The van der Waals surface area contributed by atoms with Crippen molar-refractivity contribution in [2.24, 2.45) is 0 Å². The van der Waals surface area contributed by atoms with Crippen LogP contribution in [0.25, 0.3) is 71.7 Å². The Kier molecular flexibility index (Phi) is 5.24. The fraction of sp³-hybridized carbons (Fsp3) is 0.0750. The van der Waals surface area contributed by atoms with Gasteiger partial charge in [0.1, 0.15) is 22.7 Å². The Morgan fingerprint density at radius 2 is 1.31 bits per heavy atom. The van der Waals surface area contributed by atoms with E-state index in [0.717, 1.165) is 83.2 Å². The summed E-state index contributed by atoms with van der Waals surface area (Å²) in [5.41, 5.74) is 9.56. The number of furan rings is 1. The van der Waals surface area contributed by atoms with Gasteiger partial charge in [-0.05, 0) is 83.9 Å². The molecule has 0 N–H and O–H groups in total. The largest absolute Gasteiger partial charge is 0.456 e. The summed E-state index contributed by atoms with van der Waals surface area (Å²) in [6, 6.07) is 43.6. The molecular formula is C40H26N2O3. The molecule has 1 aliphatic heterocycles. The molecular weight excluding hydrogens is 556 g/mol. The second kappa shape index (κ2) is 9.25. The molecule has 9 rings (SSSR count). The van der Waals surface area contributed by atoms with Crippen molar-refractivity contribution in [3.05, 3.63) is 127 Å². The number of nitriles is 1. The van der Waals surface area contributed by atoms with Crippen LogP contribution in [0.15, 0.2) is 126 Å². The first-order valence-electron chi connectivity index (χ1n) is 15.0. The van der Waals surface area contributed by atoms with Crippen molar-refractivity contribution in [1.82, 2.24) is 4.57 Å². The lowest BCUT2D eigenvalue weighted by atomic mass is 9.97. The quantitative estimate of drug-likeness (QED) is 0.203. The van der Waals surface area contributed by atoms with Gasteiger partial charge in [0.05, 0.1) is 22.7 Å². The summed E-state index contributed by atoms with van der Waals surface area (Å²) in [5, 5.41) is 13.9. The molecule has 0 spiro atoms. The Balaban J connectivity index is 1.22. The third-order valence-electron chi connectivity index (χ3n) is 8.72. The van der Waals surface area contributed by atoms with Crippen molar-refractivity contribution in [1.29, 1.82) is 5.26 Å². The van der Waals surface area contributed by atoms with Crippen LogP contribution in [0.1, 0.15) is 19.4 Å². The number of aromatic nitrogens is 1. The van der Waals surface area contributed by atoms with Crippen LogP contribution < -0.4 is 9.47 Å². The van der Waals surface area contributed by atoms with Gasteiger partial charge in [-0.2, -0.15) is 5.26 Å². The summed E-state index contributed by atoms with van der Waals surface area (Å²) in [5.74, 6) is 0.631. The summed E-state index contributed by atoms with van der Waals surface area (Å²) >= 11 is 0. The van der Waals surface area contributed by atoms with Gasteiger partial charge in [0.15, 0.2) is 0 Å². The summed E-state index contributed by atoms with van der Waals surface area (Å²) in [6.45, 7) is 3.88. The molecule has 3 heterocycles. The lowest BCUT2D eigenvalue weighted by Crippen LogP contribution is -2.34. The van der Waals surface area contributed by atoms with Gasteiger partial charge in [0.25, 0.3) is 0 Å². The maximum absolute atomic E-state index is 9.57. The van der Waals surface area contributed by atoms with E-state index < -0.39 is 5.79 Å². The zero-order valence-corrected chi connectivity index (χ0v) is 24.7. The zero-order chi connectivity index (χ0) is 30.3. The zero-order valence-electron chi connectivity index (χ0n) is 24.7. The highest BCUT2D eigenvalue weighted by atomic mass is 16.7. The Morgan fingerprint density at radius 1 is 0.578 bits per heavy atom. The van der Waals surface area contributed by atoms with E-state index in [2.05, 4.69) is 71.3 Å². The highest BCUT2D eigenvalue weighted by Gasteiger charge is 2.30. The number of fused-ring (bicyclic) bond motifs is 9. The van der Waals surface area contributed by atoms with E-state index in [-0.39, 0.29) is 0 Å². The van der Waals surface area contributed by atoms with Crippen molar-refractivity contribution in [3.63, 3.8) is 0 Å². The van der Waals surface area contributed by atoms with Gasteiger partial charge >= 0.3 is 0 Å². The SMILES string of the molecule is CC1(C)Oc2cc(-c3ccc4oc5ccccc5c4c3)ccc2-c2cc(-n3c4ccccc4c4cc(C#N)ccc43)ccc2O1. The molecule has 0 saturated heterocycles. The number of nitrogens with zero attached hydrogens (tertiary/aromatic N) is 2. The number of rotatable bonds is 2. The molecule has 6 aromatic carbocycles. The van der Waals surface area contributed by atoms with Gasteiger partial charge in [0, 0.05) is 52.2 Å². The standard InChI is InChI=1S/C40H26N2O3/c1-40(2)44-38-18-14-27(42-34-9-5-3-7-28(34)31-19-24(23-41)11-16-35(31)42)22-33(38)30-15-12-26(21-39(30)45-40)25-13-17-37-32(20-25)29-8-4-6-10-36(29)43-37/h3-22H,1-2H3. The highest BCUT2D eigenvalue weighted by molar-refractivity contribution is 6.10. The molecule has 1 aliphatic rings. The van der Waals surface area contributed by atoms with Gasteiger partial charge in [-0.3, -0.25) is 0 Å². The van der Waals surface area contributed by atoms with Crippen LogP contribution in [-0.2, 0) is 0 Å². The van der Waals surface area contributed by atoms with Crippen molar-refractivity contribution < 1.29 is 13.9 Å². The minimum atomic E-state index is -0.884. The molecule has 0 radical (unpaired) electrons. The molecule has 0 aliphatic carbocycles. The van der Waals surface area contributed by atoms with Crippen LogP contribution in [-0.4, -0.2) is 10.4 Å². The van der Waals surface area contributed by atoms with Crippen LogP contribution in [0, 0.1) is 11.3 Å². The first-order valence-corrected chi connectivity index (χ1v) is 15.0. The first kappa shape index (κ1) is 25.5. The summed E-state index contributed by atoms with van der Waals surface area (Å²) in [7, 11) is 0. The van der Waals surface area contributed by atoms with Crippen LogP contribution in [0.4, 0.5) is 0 Å². The number of hydrogen-bond acceptors (Lipinski definition) is 4. The average Bonchev–Trinajstić information content (AvgIpc) is 3.56. The highest BCUT2D eigenvalue weighted by Crippen LogP contribution is 2.46. The van der Waals surface area contributed by atoms with Gasteiger partial charge in [-0.1, -0.05) is 48.5 Å². The van der Waals surface area contributed by atoms with Crippen LogP contribution in [0.2, 0.25) is 0 Å². The molecule has 0 atom stereocenters. The normalized spacial score (nSPS) is 13.6. The van der Waals surface area contributed by atoms with Gasteiger partial charge in [0.2, 0.25) is 5.79 Å².